The van der Waals surface area contributed by atoms with Crippen LogP contribution >= 0.6 is 0 Å². The van der Waals surface area contributed by atoms with E-state index in [1.54, 1.807) is 7.11 Å². The molecule has 0 aliphatic heterocycles. The number of hydrogen-bond donors (Lipinski definition) is 1. The number of aliphatic hydroxyl groups is 1. The van der Waals surface area contributed by atoms with E-state index in [0.29, 0.717) is 19.8 Å². The molecule has 2 atom stereocenters. The molecular formula is C26H28O3. The first-order valence-electron chi connectivity index (χ1n) is 9.88. The fourth-order valence-electron chi connectivity index (χ4n) is 3.27. The van der Waals surface area contributed by atoms with Crippen LogP contribution in [0, 0.1) is 0 Å². The first kappa shape index (κ1) is 21.0. The van der Waals surface area contributed by atoms with Gasteiger partial charge in [0.15, 0.2) is 0 Å². The van der Waals surface area contributed by atoms with Gasteiger partial charge in [0.25, 0.3) is 0 Å². The average Bonchev–Trinajstić information content (AvgIpc) is 2.79. The smallest absolute Gasteiger partial charge is 0.146 e. The van der Waals surface area contributed by atoms with Gasteiger partial charge in [-0.3, -0.25) is 0 Å². The number of ether oxygens (including phenoxy) is 2. The third-order valence-electron chi connectivity index (χ3n) is 4.86. The largest absolute Gasteiger partial charge is 0.388 e. The molecule has 150 valence electrons. The minimum absolute atomic E-state index is 0.121. The Hall–Kier alpha value is -2.72. The van der Waals surface area contributed by atoms with E-state index < -0.39 is 6.10 Å². The normalized spacial score (nSPS) is 13.4. The molecule has 0 heterocycles. The zero-order valence-corrected chi connectivity index (χ0v) is 16.8. The van der Waals surface area contributed by atoms with Gasteiger partial charge in [0.2, 0.25) is 0 Å². The molecule has 0 unspecified atom stereocenters. The molecule has 0 spiro atoms. The van der Waals surface area contributed by atoms with Gasteiger partial charge in [-0.15, -0.1) is 0 Å². The third-order valence-corrected chi connectivity index (χ3v) is 4.86. The Morgan fingerprint density at radius 2 is 1.45 bits per heavy atom. The third kappa shape index (κ3) is 6.68. The van der Waals surface area contributed by atoms with Gasteiger partial charge >= 0.3 is 0 Å². The van der Waals surface area contributed by atoms with Crippen molar-refractivity contribution in [2.75, 3.05) is 13.9 Å². The Labute approximate surface area is 173 Å². The van der Waals surface area contributed by atoms with Crippen LogP contribution in [0.5, 0.6) is 0 Å². The summed E-state index contributed by atoms with van der Waals surface area (Å²) in [6.45, 7) is 0.831. The maximum atomic E-state index is 10.7. The minimum atomic E-state index is -0.508. The number of aliphatic hydroxyl groups excluding tert-OH is 1. The number of hydrogen-bond acceptors (Lipinski definition) is 3. The molecule has 3 aromatic rings. The fraction of sp³-hybridized carbons (Fsp3) is 0.231. The van der Waals surface area contributed by atoms with Crippen LogP contribution in [0.15, 0.2) is 91.0 Å². The van der Waals surface area contributed by atoms with Crippen molar-refractivity contribution in [3.05, 3.63) is 113 Å². The van der Waals surface area contributed by atoms with Gasteiger partial charge < -0.3 is 14.6 Å². The molecule has 29 heavy (non-hydrogen) atoms. The summed E-state index contributed by atoms with van der Waals surface area (Å²) < 4.78 is 10.3. The molecule has 0 fully saturated rings. The number of methoxy groups -OCH3 is 1. The summed E-state index contributed by atoms with van der Waals surface area (Å²) in [6, 6.07) is 28.4. The van der Waals surface area contributed by atoms with E-state index in [9.17, 15) is 5.11 Å². The standard InChI is InChI=1S/C26H28O3/c1-28-20-29-19-22-14-12-21(13-15-22)16-17-25(23-8-4-2-5-9-23)18-26(27)24-10-6-3-7-11-24/h2-17,25-27H,18-20H2,1H3/b17-16+/t25-,26-/m0/s1. The lowest BCUT2D eigenvalue weighted by molar-refractivity contribution is -0.0390. The molecule has 3 nitrogen and oxygen atoms in total. The SMILES string of the molecule is COCOCc1ccc(/C=C/[C@@H](C[C@H](O)c2ccccc2)c2ccccc2)cc1. The molecule has 3 aromatic carbocycles. The Bertz CT molecular complexity index is 857. The van der Waals surface area contributed by atoms with E-state index in [2.05, 4.69) is 48.6 Å². The van der Waals surface area contributed by atoms with Crippen LogP contribution in [0.3, 0.4) is 0 Å². The predicted octanol–water partition coefficient (Wildman–Crippen LogP) is 5.73. The van der Waals surface area contributed by atoms with Gasteiger partial charge in [-0.25, -0.2) is 0 Å². The molecule has 0 radical (unpaired) electrons. The van der Waals surface area contributed by atoms with Crippen molar-refractivity contribution in [1.82, 2.24) is 0 Å². The molecule has 0 saturated carbocycles. The summed E-state index contributed by atoms with van der Waals surface area (Å²) in [6.07, 6.45) is 4.42. The van der Waals surface area contributed by atoms with Gasteiger partial charge in [0.05, 0.1) is 12.7 Å². The second-order valence-corrected chi connectivity index (χ2v) is 7.04. The highest BCUT2D eigenvalue weighted by Gasteiger charge is 2.15. The Kier molecular flexibility index (Phi) is 8.20. The van der Waals surface area contributed by atoms with Crippen LogP contribution in [0.1, 0.15) is 40.7 Å². The summed E-state index contributed by atoms with van der Waals surface area (Å²) >= 11 is 0. The van der Waals surface area contributed by atoms with Crippen LogP contribution in [-0.2, 0) is 16.1 Å². The molecule has 0 aliphatic rings. The molecule has 0 aliphatic carbocycles. The molecule has 3 heteroatoms. The number of rotatable bonds is 10. The summed E-state index contributed by atoms with van der Waals surface area (Å²) in [4.78, 5) is 0. The molecule has 0 amide bonds. The highest BCUT2D eigenvalue weighted by atomic mass is 16.7. The van der Waals surface area contributed by atoms with Crippen molar-refractivity contribution >= 4 is 6.08 Å². The molecule has 0 saturated heterocycles. The highest BCUT2D eigenvalue weighted by Crippen LogP contribution is 2.30. The average molecular weight is 389 g/mol. The van der Waals surface area contributed by atoms with Crippen LogP contribution in [0.4, 0.5) is 0 Å². The van der Waals surface area contributed by atoms with Crippen LogP contribution in [0.25, 0.3) is 6.08 Å². The molecular weight excluding hydrogens is 360 g/mol. The second-order valence-electron chi connectivity index (χ2n) is 7.04. The zero-order valence-electron chi connectivity index (χ0n) is 16.8. The first-order chi connectivity index (χ1) is 14.3. The second kappa shape index (κ2) is 11.3. The summed E-state index contributed by atoms with van der Waals surface area (Å²) in [5.41, 5.74) is 4.37. The molecule has 3 rings (SSSR count). The monoisotopic (exact) mass is 388 g/mol. The summed E-state index contributed by atoms with van der Waals surface area (Å²) in [7, 11) is 1.62. The Balaban J connectivity index is 1.71. The van der Waals surface area contributed by atoms with Crippen LogP contribution < -0.4 is 0 Å². The fourth-order valence-corrected chi connectivity index (χ4v) is 3.27. The van der Waals surface area contributed by atoms with E-state index in [1.165, 1.54) is 5.56 Å². The number of benzene rings is 3. The summed E-state index contributed by atoms with van der Waals surface area (Å²) in [5.74, 6) is 0.121. The van der Waals surface area contributed by atoms with E-state index in [1.807, 2.05) is 48.5 Å². The Morgan fingerprint density at radius 1 is 0.828 bits per heavy atom. The molecule has 0 aromatic heterocycles. The lowest BCUT2D eigenvalue weighted by atomic mass is 9.90. The van der Waals surface area contributed by atoms with Crippen molar-refractivity contribution in [3.63, 3.8) is 0 Å². The molecule has 1 N–H and O–H groups in total. The first-order valence-corrected chi connectivity index (χ1v) is 9.88. The van der Waals surface area contributed by atoms with Crippen molar-refractivity contribution < 1.29 is 14.6 Å². The maximum Gasteiger partial charge on any atom is 0.146 e. The summed E-state index contributed by atoms with van der Waals surface area (Å²) in [5, 5.41) is 10.7. The van der Waals surface area contributed by atoms with Crippen LogP contribution in [-0.4, -0.2) is 19.0 Å². The van der Waals surface area contributed by atoms with E-state index in [-0.39, 0.29) is 5.92 Å². The van der Waals surface area contributed by atoms with E-state index in [4.69, 9.17) is 9.47 Å². The van der Waals surface area contributed by atoms with Gasteiger partial charge in [0.1, 0.15) is 6.79 Å². The van der Waals surface area contributed by atoms with Gasteiger partial charge in [-0.2, -0.15) is 0 Å². The highest BCUT2D eigenvalue weighted by molar-refractivity contribution is 5.51. The van der Waals surface area contributed by atoms with Crippen molar-refractivity contribution in [3.8, 4) is 0 Å². The van der Waals surface area contributed by atoms with Crippen LogP contribution in [0.2, 0.25) is 0 Å². The van der Waals surface area contributed by atoms with Crippen molar-refractivity contribution in [1.29, 1.82) is 0 Å². The van der Waals surface area contributed by atoms with Gasteiger partial charge in [-0.1, -0.05) is 97.1 Å². The van der Waals surface area contributed by atoms with Crippen molar-refractivity contribution in [2.45, 2.75) is 25.0 Å². The lowest BCUT2D eigenvalue weighted by Crippen LogP contribution is -2.04. The topological polar surface area (TPSA) is 38.7 Å². The maximum absolute atomic E-state index is 10.7. The minimum Gasteiger partial charge on any atom is -0.388 e. The van der Waals surface area contributed by atoms with Gasteiger partial charge in [0, 0.05) is 13.0 Å². The van der Waals surface area contributed by atoms with Crippen molar-refractivity contribution in [2.24, 2.45) is 0 Å². The lowest BCUT2D eigenvalue weighted by Gasteiger charge is -2.18. The predicted molar refractivity (Wildman–Crippen MR) is 117 cm³/mol. The quantitative estimate of drug-likeness (QED) is 0.356. The Morgan fingerprint density at radius 3 is 2.07 bits per heavy atom. The van der Waals surface area contributed by atoms with E-state index >= 15 is 0 Å². The zero-order chi connectivity index (χ0) is 20.3. The van der Waals surface area contributed by atoms with Gasteiger partial charge in [-0.05, 0) is 28.7 Å². The number of allylic oxidation sites excluding steroid dienone is 1. The van der Waals surface area contributed by atoms with E-state index in [0.717, 1.165) is 16.7 Å². The molecule has 0 bridgehead atoms.